The van der Waals surface area contributed by atoms with Gasteiger partial charge >= 0.3 is 0 Å². The predicted molar refractivity (Wildman–Crippen MR) is 70.9 cm³/mol. The van der Waals surface area contributed by atoms with E-state index in [-0.39, 0.29) is 5.82 Å². The first kappa shape index (κ1) is 12.7. The van der Waals surface area contributed by atoms with Crippen molar-refractivity contribution in [2.24, 2.45) is 5.73 Å². The van der Waals surface area contributed by atoms with Crippen LogP contribution in [0.1, 0.15) is 33.9 Å². The van der Waals surface area contributed by atoms with Crippen LogP contribution >= 0.6 is 0 Å². The number of aromatic nitrogens is 1. The zero-order valence-corrected chi connectivity index (χ0v) is 10.9. The van der Waals surface area contributed by atoms with E-state index in [0.717, 1.165) is 11.1 Å². The van der Waals surface area contributed by atoms with Crippen LogP contribution in [0.2, 0.25) is 0 Å². The number of benzene rings is 1. The molecule has 0 spiro atoms. The Balaban J connectivity index is 2.50. The van der Waals surface area contributed by atoms with Gasteiger partial charge in [0.15, 0.2) is 0 Å². The fourth-order valence-corrected chi connectivity index (χ4v) is 2.12. The summed E-state index contributed by atoms with van der Waals surface area (Å²) in [5.41, 5.74) is 11.1. The first-order valence-electron chi connectivity index (χ1n) is 5.93. The molecule has 0 bridgehead atoms. The Morgan fingerprint density at radius 1 is 1.06 bits per heavy atom. The van der Waals surface area contributed by atoms with Gasteiger partial charge < -0.3 is 5.73 Å². The van der Waals surface area contributed by atoms with Gasteiger partial charge in [-0.1, -0.05) is 12.1 Å². The molecule has 2 aromatic rings. The summed E-state index contributed by atoms with van der Waals surface area (Å²) in [4.78, 5) is 3.74. The van der Waals surface area contributed by atoms with Crippen molar-refractivity contribution in [1.29, 1.82) is 0 Å². The van der Waals surface area contributed by atoms with Crippen LogP contribution in [0.25, 0.3) is 0 Å². The molecular weight excluding hydrogens is 227 g/mol. The first-order valence-corrected chi connectivity index (χ1v) is 5.93. The molecule has 2 N–H and O–H groups in total. The van der Waals surface area contributed by atoms with Gasteiger partial charge in [-0.2, -0.15) is 0 Å². The maximum absolute atomic E-state index is 13.7. The fourth-order valence-electron chi connectivity index (χ4n) is 2.12. The average Bonchev–Trinajstić information content (AvgIpc) is 2.33. The lowest BCUT2D eigenvalue weighted by molar-refractivity contribution is 0.593. The summed E-state index contributed by atoms with van der Waals surface area (Å²) in [6, 6.07) is 5.31. The Morgan fingerprint density at radius 3 is 2.39 bits per heavy atom. The number of rotatable bonds is 2. The quantitative estimate of drug-likeness (QED) is 0.881. The van der Waals surface area contributed by atoms with Crippen molar-refractivity contribution in [2.75, 3.05) is 0 Å². The lowest BCUT2D eigenvalue weighted by Crippen LogP contribution is -2.15. The van der Waals surface area contributed by atoms with E-state index in [1.165, 1.54) is 17.3 Å². The molecule has 1 aromatic carbocycles. The van der Waals surface area contributed by atoms with Crippen LogP contribution in [-0.4, -0.2) is 4.98 Å². The van der Waals surface area contributed by atoms with E-state index in [2.05, 4.69) is 18.0 Å². The van der Waals surface area contributed by atoms with Gasteiger partial charge in [0.1, 0.15) is 5.82 Å². The summed E-state index contributed by atoms with van der Waals surface area (Å²) in [7, 11) is 0. The van der Waals surface area contributed by atoms with Gasteiger partial charge in [0.2, 0.25) is 0 Å². The number of aryl methyl sites for hydroxylation is 3. The Bertz CT molecular complexity index is 579. The molecule has 3 heteroatoms. The molecule has 0 aliphatic heterocycles. The monoisotopic (exact) mass is 244 g/mol. The lowest BCUT2D eigenvalue weighted by atomic mass is 9.92. The Kier molecular flexibility index (Phi) is 3.43. The van der Waals surface area contributed by atoms with Crippen molar-refractivity contribution in [3.05, 3.63) is 64.2 Å². The largest absolute Gasteiger partial charge is 0.320 e. The molecule has 1 atom stereocenters. The van der Waals surface area contributed by atoms with Crippen molar-refractivity contribution >= 4 is 0 Å². The third-order valence-corrected chi connectivity index (χ3v) is 3.36. The van der Waals surface area contributed by atoms with Gasteiger partial charge in [-0.3, -0.25) is 4.98 Å². The van der Waals surface area contributed by atoms with E-state index >= 15 is 0 Å². The maximum Gasteiger partial charge on any atom is 0.146 e. The van der Waals surface area contributed by atoms with Crippen LogP contribution < -0.4 is 5.73 Å². The number of nitrogens with two attached hydrogens (primary N) is 1. The van der Waals surface area contributed by atoms with Gasteiger partial charge in [0.05, 0.1) is 12.2 Å². The van der Waals surface area contributed by atoms with Crippen LogP contribution in [0, 0.1) is 26.6 Å². The molecule has 0 fully saturated rings. The smallest absolute Gasteiger partial charge is 0.146 e. The van der Waals surface area contributed by atoms with Crippen LogP contribution in [0.5, 0.6) is 0 Å². The van der Waals surface area contributed by atoms with Gasteiger partial charge in [-0.25, -0.2) is 4.39 Å². The lowest BCUT2D eigenvalue weighted by Gasteiger charge is -2.17. The van der Waals surface area contributed by atoms with E-state index in [4.69, 9.17) is 5.73 Å². The third-order valence-electron chi connectivity index (χ3n) is 3.36. The second-order valence-corrected chi connectivity index (χ2v) is 4.67. The van der Waals surface area contributed by atoms with Crippen molar-refractivity contribution in [1.82, 2.24) is 4.98 Å². The second kappa shape index (κ2) is 4.86. The standard InChI is InChI=1S/C15H17FN2/c1-9-6-11(3)13(7-10(9)2)15(17)12-4-5-18-8-14(12)16/h4-8,15H,17H2,1-3H3. The zero-order valence-electron chi connectivity index (χ0n) is 10.9. The van der Waals surface area contributed by atoms with Crippen molar-refractivity contribution in [2.45, 2.75) is 26.8 Å². The number of pyridine rings is 1. The van der Waals surface area contributed by atoms with Crippen molar-refractivity contribution in [3.8, 4) is 0 Å². The molecular formula is C15H17FN2. The highest BCUT2D eigenvalue weighted by Gasteiger charge is 2.16. The zero-order chi connectivity index (χ0) is 13.3. The van der Waals surface area contributed by atoms with E-state index < -0.39 is 6.04 Å². The highest BCUT2D eigenvalue weighted by Crippen LogP contribution is 2.26. The van der Waals surface area contributed by atoms with Gasteiger partial charge in [-0.15, -0.1) is 0 Å². The summed E-state index contributed by atoms with van der Waals surface area (Å²) in [5.74, 6) is -0.359. The second-order valence-electron chi connectivity index (χ2n) is 4.67. The molecule has 0 saturated heterocycles. The summed E-state index contributed by atoms with van der Waals surface area (Å²) in [6.07, 6.45) is 2.76. The predicted octanol–water partition coefficient (Wildman–Crippen LogP) is 3.19. The minimum atomic E-state index is -0.452. The van der Waals surface area contributed by atoms with Crippen LogP contribution in [-0.2, 0) is 0 Å². The van der Waals surface area contributed by atoms with Gasteiger partial charge in [-0.05, 0) is 49.1 Å². The molecule has 0 aliphatic carbocycles. The molecule has 1 heterocycles. The fraction of sp³-hybridized carbons (Fsp3) is 0.267. The van der Waals surface area contributed by atoms with E-state index in [9.17, 15) is 4.39 Å². The van der Waals surface area contributed by atoms with Crippen molar-refractivity contribution in [3.63, 3.8) is 0 Å². The highest BCUT2D eigenvalue weighted by molar-refractivity contribution is 5.42. The molecule has 2 rings (SSSR count). The molecule has 2 nitrogen and oxygen atoms in total. The molecule has 94 valence electrons. The highest BCUT2D eigenvalue weighted by atomic mass is 19.1. The summed E-state index contributed by atoms with van der Waals surface area (Å²) in [5, 5.41) is 0. The molecule has 0 radical (unpaired) electrons. The molecule has 18 heavy (non-hydrogen) atoms. The SMILES string of the molecule is Cc1cc(C)c(C(N)c2ccncc2F)cc1C. The van der Waals surface area contributed by atoms with Crippen molar-refractivity contribution < 1.29 is 4.39 Å². The number of nitrogens with zero attached hydrogens (tertiary/aromatic N) is 1. The van der Waals surface area contributed by atoms with Crippen LogP contribution in [0.4, 0.5) is 4.39 Å². The van der Waals surface area contributed by atoms with Crippen LogP contribution in [0.15, 0.2) is 30.6 Å². The number of hydrogen-bond acceptors (Lipinski definition) is 2. The first-order chi connectivity index (χ1) is 8.50. The number of halogens is 1. The van der Waals surface area contributed by atoms with Gasteiger partial charge in [0, 0.05) is 11.8 Å². The van der Waals surface area contributed by atoms with Gasteiger partial charge in [0.25, 0.3) is 0 Å². The topological polar surface area (TPSA) is 38.9 Å². The minimum absolute atomic E-state index is 0.359. The maximum atomic E-state index is 13.7. The number of hydrogen-bond donors (Lipinski definition) is 1. The van der Waals surface area contributed by atoms with E-state index in [0.29, 0.717) is 5.56 Å². The summed E-state index contributed by atoms with van der Waals surface area (Å²) >= 11 is 0. The molecule has 1 unspecified atom stereocenters. The van der Waals surface area contributed by atoms with E-state index in [1.807, 2.05) is 19.9 Å². The molecule has 0 aliphatic rings. The molecule has 0 saturated carbocycles. The molecule has 1 aromatic heterocycles. The molecule has 0 amide bonds. The normalized spacial score (nSPS) is 12.5. The average molecular weight is 244 g/mol. The summed E-state index contributed by atoms with van der Waals surface area (Å²) in [6.45, 7) is 6.10. The Hall–Kier alpha value is -1.74. The van der Waals surface area contributed by atoms with Crippen LogP contribution in [0.3, 0.4) is 0 Å². The summed E-state index contributed by atoms with van der Waals surface area (Å²) < 4.78 is 13.7. The Morgan fingerprint density at radius 2 is 1.72 bits per heavy atom. The van der Waals surface area contributed by atoms with E-state index in [1.54, 1.807) is 12.3 Å². The Labute approximate surface area is 107 Å². The minimum Gasteiger partial charge on any atom is -0.320 e. The third kappa shape index (κ3) is 2.27.